The summed E-state index contributed by atoms with van der Waals surface area (Å²) in [5.74, 6) is 0.963. The van der Waals surface area contributed by atoms with E-state index in [1.54, 1.807) is 0 Å². The molecule has 5 rings (SSSR count). The molecule has 1 aliphatic rings. The second-order valence-corrected chi connectivity index (χ2v) is 9.21. The Hall–Kier alpha value is -3.51. The summed E-state index contributed by atoms with van der Waals surface area (Å²) in [7, 11) is 0. The monoisotopic (exact) mass is 467 g/mol. The second-order valence-electron chi connectivity index (χ2n) is 8.82. The minimum absolute atomic E-state index is 0.0427. The van der Waals surface area contributed by atoms with Crippen LogP contribution in [0.2, 0.25) is 0 Å². The Morgan fingerprint density at radius 1 is 0.941 bits per heavy atom. The Labute approximate surface area is 206 Å². The molecule has 1 aliphatic heterocycles. The van der Waals surface area contributed by atoms with Crippen LogP contribution < -0.4 is 10.2 Å². The van der Waals surface area contributed by atoms with Crippen molar-refractivity contribution in [2.24, 2.45) is 0 Å². The lowest BCUT2D eigenvalue weighted by Gasteiger charge is -2.28. The fourth-order valence-electron chi connectivity index (χ4n) is 4.97. The molecule has 5 nitrogen and oxygen atoms in total. The first-order chi connectivity index (χ1) is 16.5. The van der Waals surface area contributed by atoms with E-state index in [0.717, 1.165) is 40.6 Å². The van der Waals surface area contributed by atoms with Gasteiger partial charge in [-0.2, -0.15) is 0 Å². The molecule has 172 valence electrons. The molecule has 0 saturated carbocycles. The first-order valence-electron chi connectivity index (χ1n) is 11.7. The summed E-state index contributed by atoms with van der Waals surface area (Å²) in [4.78, 5) is 11.6. The van der Waals surface area contributed by atoms with Crippen LogP contribution in [-0.4, -0.2) is 19.6 Å². The van der Waals surface area contributed by atoms with Crippen LogP contribution in [0.4, 0.5) is 5.69 Å². The van der Waals surface area contributed by atoms with Gasteiger partial charge in [0, 0.05) is 29.5 Å². The number of nitrogens with zero attached hydrogens (tertiary/aromatic N) is 4. The molecule has 3 aromatic heterocycles. The van der Waals surface area contributed by atoms with Gasteiger partial charge in [-0.1, -0.05) is 31.2 Å². The molecule has 4 heterocycles. The number of pyridine rings is 2. The van der Waals surface area contributed by atoms with Gasteiger partial charge in [-0.05, 0) is 92.5 Å². The highest BCUT2D eigenvalue weighted by Gasteiger charge is 2.42. The Morgan fingerprint density at radius 2 is 1.71 bits per heavy atom. The molecule has 1 aromatic carbocycles. The van der Waals surface area contributed by atoms with Crippen LogP contribution in [-0.2, 0) is 6.42 Å². The minimum atomic E-state index is -0.0710. The van der Waals surface area contributed by atoms with Crippen LogP contribution >= 0.6 is 12.2 Å². The van der Waals surface area contributed by atoms with Crippen molar-refractivity contribution in [1.29, 1.82) is 0 Å². The fraction of sp³-hybridized carbons (Fsp3) is 0.250. The maximum absolute atomic E-state index is 5.90. The zero-order valence-electron chi connectivity index (χ0n) is 20.0. The Bertz CT molecular complexity index is 1330. The van der Waals surface area contributed by atoms with Gasteiger partial charge in [0.2, 0.25) is 0 Å². The van der Waals surface area contributed by atoms with Crippen molar-refractivity contribution in [3.05, 3.63) is 107 Å². The van der Waals surface area contributed by atoms with E-state index in [-0.39, 0.29) is 12.1 Å². The van der Waals surface area contributed by atoms with E-state index >= 15 is 0 Å². The summed E-state index contributed by atoms with van der Waals surface area (Å²) in [5, 5.41) is 4.28. The van der Waals surface area contributed by atoms with E-state index in [0.29, 0.717) is 5.11 Å². The topological polar surface area (TPSA) is 46.0 Å². The van der Waals surface area contributed by atoms with Crippen LogP contribution in [0.3, 0.4) is 0 Å². The first-order valence-corrected chi connectivity index (χ1v) is 12.1. The molecule has 1 N–H and O–H groups in total. The third-order valence-electron chi connectivity index (χ3n) is 6.70. The highest BCUT2D eigenvalue weighted by molar-refractivity contribution is 7.80. The average molecular weight is 468 g/mol. The normalized spacial score (nSPS) is 17.8. The zero-order chi connectivity index (χ0) is 23.8. The number of rotatable bonds is 5. The Morgan fingerprint density at radius 3 is 2.38 bits per heavy atom. The summed E-state index contributed by atoms with van der Waals surface area (Å²) in [5.41, 5.74) is 8.02. The molecule has 0 amide bonds. The highest BCUT2D eigenvalue weighted by atomic mass is 32.1. The fourth-order valence-corrected chi connectivity index (χ4v) is 5.31. The van der Waals surface area contributed by atoms with Gasteiger partial charge in [0.15, 0.2) is 5.11 Å². The number of aromatic nitrogens is 3. The molecule has 2 atom stereocenters. The number of anilines is 1. The van der Waals surface area contributed by atoms with Gasteiger partial charge in [-0.15, -0.1) is 0 Å². The maximum atomic E-state index is 5.90. The number of hydrogen-bond donors (Lipinski definition) is 1. The molecule has 1 fully saturated rings. The molecule has 0 bridgehead atoms. The van der Waals surface area contributed by atoms with Crippen molar-refractivity contribution >= 4 is 23.0 Å². The smallest absolute Gasteiger partial charge is 0.174 e. The van der Waals surface area contributed by atoms with Gasteiger partial charge in [0.1, 0.15) is 5.82 Å². The van der Waals surface area contributed by atoms with Gasteiger partial charge < -0.3 is 14.8 Å². The predicted molar refractivity (Wildman–Crippen MR) is 142 cm³/mol. The Balaban J connectivity index is 1.68. The van der Waals surface area contributed by atoms with Gasteiger partial charge in [-0.25, -0.2) is 4.98 Å². The van der Waals surface area contributed by atoms with Gasteiger partial charge >= 0.3 is 0 Å². The quantitative estimate of drug-likeness (QED) is 0.369. The number of thiocarbonyl (C=S) groups is 1. The van der Waals surface area contributed by atoms with Crippen molar-refractivity contribution in [3.8, 4) is 5.82 Å². The summed E-state index contributed by atoms with van der Waals surface area (Å²) in [6.07, 6.45) is 4.70. The van der Waals surface area contributed by atoms with Crippen molar-refractivity contribution in [3.63, 3.8) is 0 Å². The average Bonchev–Trinajstić information content (AvgIpc) is 3.35. The SMILES string of the molecule is CCc1ccc(N2C(=S)N[C@H](c3ccccn3)[C@H]2c2cc(C)n(-c3ncccc3C)c2C)cc1. The highest BCUT2D eigenvalue weighted by Crippen LogP contribution is 2.43. The molecule has 6 heteroatoms. The van der Waals surface area contributed by atoms with Crippen molar-refractivity contribution < 1.29 is 0 Å². The standard InChI is InChI=1S/C28H29N5S/c1-5-21-11-13-22(14-12-21)33-26(25(31-28(33)34)24-10-6-7-15-29-24)23-17-19(3)32(20(23)4)27-18(2)9-8-16-30-27/h6-17,25-26H,5H2,1-4H3,(H,31,34)/t25-,26-/m1/s1. The molecule has 0 spiro atoms. The number of benzene rings is 1. The summed E-state index contributed by atoms with van der Waals surface area (Å²) in [6.45, 7) is 8.59. The van der Waals surface area contributed by atoms with E-state index in [1.807, 2.05) is 30.6 Å². The van der Waals surface area contributed by atoms with Crippen molar-refractivity contribution in [2.75, 3.05) is 4.90 Å². The van der Waals surface area contributed by atoms with Crippen LogP contribution in [0.25, 0.3) is 5.82 Å². The summed E-state index contributed by atoms with van der Waals surface area (Å²) >= 11 is 5.90. The lowest BCUT2D eigenvalue weighted by Crippen LogP contribution is -2.29. The van der Waals surface area contributed by atoms with Gasteiger partial charge in [0.05, 0.1) is 17.8 Å². The zero-order valence-corrected chi connectivity index (χ0v) is 20.8. The molecule has 1 saturated heterocycles. The van der Waals surface area contributed by atoms with E-state index in [2.05, 4.69) is 89.9 Å². The van der Waals surface area contributed by atoms with Gasteiger partial charge in [0.25, 0.3) is 0 Å². The lowest BCUT2D eigenvalue weighted by molar-refractivity contribution is 0.565. The minimum Gasteiger partial charge on any atom is -0.351 e. The maximum Gasteiger partial charge on any atom is 0.174 e. The van der Waals surface area contributed by atoms with Crippen molar-refractivity contribution in [1.82, 2.24) is 19.9 Å². The van der Waals surface area contributed by atoms with E-state index < -0.39 is 0 Å². The number of hydrogen-bond acceptors (Lipinski definition) is 3. The number of aryl methyl sites for hydroxylation is 3. The molecule has 0 unspecified atom stereocenters. The molecular formula is C28H29N5S. The van der Waals surface area contributed by atoms with Gasteiger partial charge in [-0.3, -0.25) is 4.98 Å². The molecule has 34 heavy (non-hydrogen) atoms. The summed E-state index contributed by atoms with van der Waals surface area (Å²) in [6, 6.07) is 21.0. The largest absolute Gasteiger partial charge is 0.351 e. The lowest BCUT2D eigenvalue weighted by atomic mass is 9.96. The van der Waals surface area contributed by atoms with Crippen LogP contribution in [0.1, 0.15) is 52.8 Å². The molecule has 0 aliphatic carbocycles. The second kappa shape index (κ2) is 9.03. The third kappa shape index (κ3) is 3.78. The Kier molecular flexibility index (Phi) is 5.92. The summed E-state index contributed by atoms with van der Waals surface area (Å²) < 4.78 is 2.25. The van der Waals surface area contributed by atoms with Crippen LogP contribution in [0, 0.1) is 20.8 Å². The predicted octanol–water partition coefficient (Wildman–Crippen LogP) is 5.93. The van der Waals surface area contributed by atoms with E-state index in [1.165, 1.54) is 11.1 Å². The molecule has 0 radical (unpaired) electrons. The van der Waals surface area contributed by atoms with E-state index in [9.17, 15) is 0 Å². The van der Waals surface area contributed by atoms with E-state index in [4.69, 9.17) is 17.2 Å². The van der Waals surface area contributed by atoms with Crippen LogP contribution in [0.5, 0.6) is 0 Å². The number of nitrogens with one attached hydrogen (secondary N) is 1. The van der Waals surface area contributed by atoms with Crippen LogP contribution in [0.15, 0.2) is 73.1 Å². The molecular weight excluding hydrogens is 438 g/mol. The van der Waals surface area contributed by atoms with Crippen molar-refractivity contribution in [2.45, 2.75) is 46.2 Å². The third-order valence-corrected chi connectivity index (χ3v) is 7.02. The first kappa shape index (κ1) is 22.3. The molecule has 4 aromatic rings.